The SMILES string of the molecule is CCCNC1CCC(NC(=O)O[C@H]2CC[C@@]3(C)[C@H](CC[C@@H]4[C@@H]3CC[C@]3(C)[C@@H](c5ccc(=O)oc5)CC[C@]43O)C2)CC1. The van der Waals surface area contributed by atoms with Crippen LogP contribution in [-0.4, -0.2) is 41.5 Å². The van der Waals surface area contributed by atoms with Crippen molar-refractivity contribution in [2.24, 2.45) is 28.6 Å². The fourth-order valence-corrected chi connectivity index (χ4v) is 10.5. The van der Waals surface area contributed by atoms with Crippen LogP contribution in [0.3, 0.4) is 0 Å². The zero-order valence-corrected chi connectivity index (χ0v) is 25.5. The molecule has 1 heterocycles. The molecule has 7 heteroatoms. The highest BCUT2D eigenvalue weighted by Gasteiger charge is 2.67. The van der Waals surface area contributed by atoms with Gasteiger partial charge >= 0.3 is 11.7 Å². The van der Waals surface area contributed by atoms with Gasteiger partial charge in [-0.05, 0) is 137 Å². The maximum absolute atomic E-state index is 12.9. The predicted molar refractivity (Wildman–Crippen MR) is 159 cm³/mol. The fourth-order valence-electron chi connectivity index (χ4n) is 10.5. The highest BCUT2D eigenvalue weighted by atomic mass is 16.6. The highest BCUT2D eigenvalue weighted by molar-refractivity contribution is 5.67. The van der Waals surface area contributed by atoms with E-state index >= 15 is 0 Å². The van der Waals surface area contributed by atoms with Gasteiger partial charge in [-0.15, -0.1) is 0 Å². The fraction of sp³-hybridized carbons (Fsp3) is 0.824. The van der Waals surface area contributed by atoms with Crippen molar-refractivity contribution >= 4 is 6.09 Å². The molecule has 5 saturated carbocycles. The van der Waals surface area contributed by atoms with E-state index in [1.54, 1.807) is 6.26 Å². The van der Waals surface area contributed by atoms with Crippen LogP contribution in [0.5, 0.6) is 0 Å². The van der Waals surface area contributed by atoms with Gasteiger partial charge in [-0.3, -0.25) is 0 Å². The molecule has 1 aromatic heterocycles. The Bertz CT molecular complexity index is 1130. The van der Waals surface area contributed by atoms with E-state index in [-0.39, 0.29) is 40.6 Å². The Kier molecular flexibility index (Phi) is 8.08. The Labute approximate surface area is 245 Å². The van der Waals surface area contributed by atoms with Crippen molar-refractivity contribution in [3.05, 3.63) is 34.4 Å². The Morgan fingerprint density at radius 2 is 1.76 bits per heavy atom. The van der Waals surface area contributed by atoms with E-state index in [1.165, 1.54) is 6.07 Å². The van der Waals surface area contributed by atoms with E-state index in [1.807, 2.05) is 6.07 Å². The topological polar surface area (TPSA) is 101 Å². The van der Waals surface area contributed by atoms with Crippen LogP contribution < -0.4 is 16.3 Å². The average Bonchev–Trinajstić information content (AvgIpc) is 3.24. The lowest BCUT2D eigenvalue weighted by Crippen LogP contribution is -2.62. The third-order valence-electron chi connectivity index (χ3n) is 12.9. The first kappa shape index (κ1) is 29.2. The Morgan fingerprint density at radius 3 is 2.49 bits per heavy atom. The number of aliphatic hydroxyl groups is 1. The normalized spacial score (nSPS) is 43.9. The third-order valence-corrected chi connectivity index (χ3v) is 12.9. The van der Waals surface area contributed by atoms with Gasteiger partial charge in [0.15, 0.2) is 0 Å². The summed E-state index contributed by atoms with van der Waals surface area (Å²) < 4.78 is 11.3. The maximum Gasteiger partial charge on any atom is 0.407 e. The average molecular weight is 569 g/mol. The largest absolute Gasteiger partial charge is 0.446 e. The number of nitrogens with one attached hydrogen (secondary N) is 2. The number of carbonyl (C=O) groups is 1. The first-order chi connectivity index (χ1) is 19.7. The summed E-state index contributed by atoms with van der Waals surface area (Å²) in [4.78, 5) is 24.4. The molecule has 8 atom stereocenters. The highest BCUT2D eigenvalue weighted by Crippen LogP contribution is 2.70. The predicted octanol–water partition coefficient (Wildman–Crippen LogP) is 6.29. The van der Waals surface area contributed by atoms with Crippen molar-refractivity contribution in [2.75, 3.05) is 6.54 Å². The van der Waals surface area contributed by atoms with Crippen LogP contribution in [0, 0.1) is 28.6 Å². The first-order valence-corrected chi connectivity index (χ1v) is 16.7. The second-order valence-corrected chi connectivity index (χ2v) is 14.8. The van der Waals surface area contributed by atoms with Crippen molar-refractivity contribution in [2.45, 2.75) is 140 Å². The van der Waals surface area contributed by atoms with Crippen LogP contribution >= 0.6 is 0 Å². The molecule has 0 spiro atoms. The minimum atomic E-state index is -0.691. The molecule has 0 unspecified atom stereocenters. The number of fused-ring (bicyclic) bond motifs is 5. The zero-order chi connectivity index (χ0) is 28.8. The van der Waals surface area contributed by atoms with Gasteiger partial charge < -0.3 is 24.9 Å². The summed E-state index contributed by atoms with van der Waals surface area (Å²) in [6.45, 7) is 8.03. The number of hydrogen-bond acceptors (Lipinski definition) is 6. The van der Waals surface area contributed by atoms with Gasteiger partial charge in [-0.25, -0.2) is 9.59 Å². The summed E-state index contributed by atoms with van der Waals surface area (Å²) in [5.41, 5.74) is 0.0157. The lowest BCUT2D eigenvalue weighted by atomic mass is 9.43. The summed E-state index contributed by atoms with van der Waals surface area (Å²) in [5.74, 6) is 1.54. The van der Waals surface area contributed by atoms with E-state index in [0.717, 1.165) is 102 Å². The van der Waals surface area contributed by atoms with E-state index in [9.17, 15) is 14.7 Å². The quantitative estimate of drug-likeness (QED) is 0.373. The van der Waals surface area contributed by atoms with Crippen molar-refractivity contribution < 1.29 is 19.1 Å². The van der Waals surface area contributed by atoms with Gasteiger partial charge in [-0.2, -0.15) is 0 Å². The second kappa shape index (κ2) is 11.3. The second-order valence-electron chi connectivity index (χ2n) is 14.8. The van der Waals surface area contributed by atoms with E-state index in [2.05, 4.69) is 31.4 Å². The molecular weight excluding hydrogens is 516 g/mol. The third kappa shape index (κ3) is 5.17. The molecule has 228 valence electrons. The molecule has 0 aliphatic heterocycles. The van der Waals surface area contributed by atoms with Gasteiger partial charge in [-0.1, -0.05) is 20.8 Å². The summed E-state index contributed by atoms with van der Waals surface area (Å²) in [5, 5.41) is 19.3. The molecule has 1 amide bonds. The van der Waals surface area contributed by atoms with Gasteiger partial charge in [0.2, 0.25) is 0 Å². The standard InChI is InChI=1S/C34H52N2O5/c1-4-19-35-24-7-9-25(10-8-24)36-31(38)41-26-13-16-32(2)23(20-26)6-11-29-28(32)14-17-33(3)27(15-18-34(29,33)39)22-5-12-30(37)40-21-22/h5,12,21,23-29,35,39H,4,6-11,13-20H2,1-3H3,(H,36,38)/t23-,24?,25?,26+,27-,28+,29-,32+,33-,34+/m1/s1. The van der Waals surface area contributed by atoms with Crippen LogP contribution in [0.25, 0.3) is 0 Å². The molecular formula is C34H52N2O5. The number of rotatable bonds is 6. The summed E-state index contributed by atoms with van der Waals surface area (Å²) >= 11 is 0. The van der Waals surface area contributed by atoms with Crippen molar-refractivity contribution in [3.8, 4) is 0 Å². The summed E-state index contributed by atoms with van der Waals surface area (Å²) in [6, 6.07) is 4.24. The molecule has 3 N–H and O–H groups in total. The van der Waals surface area contributed by atoms with E-state index < -0.39 is 5.60 Å². The minimum Gasteiger partial charge on any atom is -0.446 e. The van der Waals surface area contributed by atoms with Crippen molar-refractivity contribution in [1.29, 1.82) is 0 Å². The molecule has 41 heavy (non-hydrogen) atoms. The number of ether oxygens (including phenoxy) is 1. The molecule has 5 fully saturated rings. The van der Waals surface area contributed by atoms with E-state index in [4.69, 9.17) is 9.15 Å². The van der Waals surface area contributed by atoms with Crippen LogP contribution in [0.1, 0.15) is 122 Å². The van der Waals surface area contributed by atoms with E-state index in [0.29, 0.717) is 23.8 Å². The van der Waals surface area contributed by atoms with Crippen LogP contribution in [-0.2, 0) is 4.74 Å². The molecule has 1 aromatic rings. The summed E-state index contributed by atoms with van der Waals surface area (Å²) in [7, 11) is 0. The molecule has 5 aliphatic rings. The molecule has 6 rings (SSSR count). The number of alkyl carbamates (subject to hydrolysis) is 1. The van der Waals surface area contributed by atoms with Gasteiger partial charge in [0, 0.05) is 23.6 Å². The Hall–Kier alpha value is -1.86. The van der Waals surface area contributed by atoms with Gasteiger partial charge in [0.1, 0.15) is 6.10 Å². The smallest absolute Gasteiger partial charge is 0.407 e. The molecule has 0 aromatic carbocycles. The summed E-state index contributed by atoms with van der Waals surface area (Å²) in [6.07, 6.45) is 15.8. The molecule has 0 bridgehead atoms. The Balaban J connectivity index is 1.06. The zero-order valence-electron chi connectivity index (χ0n) is 25.5. The maximum atomic E-state index is 12.9. The first-order valence-electron chi connectivity index (χ1n) is 16.7. The van der Waals surface area contributed by atoms with Crippen molar-refractivity contribution in [1.82, 2.24) is 10.6 Å². The minimum absolute atomic E-state index is 0.00674. The van der Waals surface area contributed by atoms with Gasteiger partial charge in [0.05, 0.1) is 11.9 Å². The van der Waals surface area contributed by atoms with Gasteiger partial charge in [0.25, 0.3) is 0 Å². The Morgan fingerprint density at radius 1 is 0.976 bits per heavy atom. The monoisotopic (exact) mass is 568 g/mol. The number of carbonyl (C=O) groups excluding carboxylic acids is 1. The molecule has 7 nitrogen and oxygen atoms in total. The lowest BCUT2D eigenvalue weighted by Gasteiger charge is -2.63. The number of amides is 1. The van der Waals surface area contributed by atoms with Crippen LogP contribution in [0.4, 0.5) is 4.79 Å². The van der Waals surface area contributed by atoms with Crippen LogP contribution in [0.15, 0.2) is 27.6 Å². The lowest BCUT2D eigenvalue weighted by molar-refractivity contribution is -0.205. The van der Waals surface area contributed by atoms with Crippen molar-refractivity contribution in [3.63, 3.8) is 0 Å². The molecule has 5 aliphatic carbocycles. The van der Waals surface area contributed by atoms with Crippen LogP contribution in [0.2, 0.25) is 0 Å². The number of hydrogen-bond donors (Lipinski definition) is 3. The molecule has 0 saturated heterocycles. The molecule has 0 radical (unpaired) electrons.